The topological polar surface area (TPSA) is 3.24 Å². The predicted octanol–water partition coefficient (Wildman–Crippen LogP) is 14.1. The molecule has 0 fully saturated rings. The van der Waals surface area contributed by atoms with Crippen molar-refractivity contribution in [3.05, 3.63) is 185 Å². The van der Waals surface area contributed by atoms with Gasteiger partial charge in [-0.25, -0.2) is 0 Å². The highest BCUT2D eigenvalue weighted by atomic mass is 15.2. The summed E-state index contributed by atoms with van der Waals surface area (Å²) in [7, 11) is 0. The minimum absolute atomic E-state index is 0.0633. The average molecular weight is 684 g/mol. The fraction of sp³-hybridized carbons (Fsp3) is 0.192. The molecule has 53 heavy (non-hydrogen) atoms. The molecular weight excluding hydrogens is 639 g/mol. The number of hydrogen-bond donors (Lipinski definition) is 0. The van der Waals surface area contributed by atoms with Crippen LogP contribution in [0.25, 0.3) is 44.5 Å². The van der Waals surface area contributed by atoms with E-state index in [1.54, 1.807) is 0 Å². The molecule has 0 aliphatic heterocycles. The van der Waals surface area contributed by atoms with E-state index in [1.807, 2.05) is 0 Å². The molecular formula is C52H45N. The average Bonchev–Trinajstić information content (AvgIpc) is 3.67. The lowest BCUT2D eigenvalue weighted by molar-refractivity contribution is 0.639. The molecule has 0 saturated heterocycles. The van der Waals surface area contributed by atoms with Crippen LogP contribution in [0.5, 0.6) is 0 Å². The Kier molecular flexibility index (Phi) is 6.61. The van der Waals surface area contributed by atoms with Crippen molar-refractivity contribution < 1.29 is 0 Å². The quantitative estimate of drug-likeness (QED) is 0.178. The van der Waals surface area contributed by atoms with Crippen molar-refractivity contribution in [2.45, 2.75) is 64.7 Å². The van der Waals surface area contributed by atoms with Gasteiger partial charge in [-0.2, -0.15) is 0 Å². The van der Waals surface area contributed by atoms with Crippen molar-refractivity contribution in [3.8, 4) is 44.5 Å². The van der Waals surface area contributed by atoms with Crippen molar-refractivity contribution >= 4 is 17.1 Å². The first-order chi connectivity index (χ1) is 25.5. The Hall–Kier alpha value is -5.66. The second-order valence-electron chi connectivity index (χ2n) is 17.0. The molecule has 10 rings (SSSR count). The van der Waals surface area contributed by atoms with Crippen LogP contribution < -0.4 is 4.90 Å². The Balaban J connectivity index is 1.33. The van der Waals surface area contributed by atoms with Gasteiger partial charge in [0.2, 0.25) is 0 Å². The van der Waals surface area contributed by atoms with Crippen LogP contribution in [-0.4, -0.2) is 0 Å². The summed E-state index contributed by atoms with van der Waals surface area (Å²) in [5.74, 6) is 0. The van der Waals surface area contributed by atoms with Gasteiger partial charge in [0, 0.05) is 27.6 Å². The highest BCUT2D eigenvalue weighted by Gasteiger charge is 2.48. The van der Waals surface area contributed by atoms with E-state index in [4.69, 9.17) is 0 Å². The zero-order valence-corrected chi connectivity index (χ0v) is 31.8. The van der Waals surface area contributed by atoms with Crippen molar-refractivity contribution in [2.75, 3.05) is 4.90 Å². The Morgan fingerprint density at radius 1 is 0.377 bits per heavy atom. The fourth-order valence-electron chi connectivity index (χ4n) is 10.4. The highest BCUT2D eigenvalue weighted by Crippen LogP contribution is 2.64. The van der Waals surface area contributed by atoms with E-state index in [1.165, 1.54) is 101 Å². The SMILES string of the molecule is Cc1c2c(c(N(c3ccc(-c4ccccc4)cc3)c3ccc4c(c3)-c3ccccc3C4(C)C)c3c1-c1ccccc1C3(C)C)C(C)(C)c1ccccc1-2. The van der Waals surface area contributed by atoms with Gasteiger partial charge >= 0.3 is 0 Å². The van der Waals surface area contributed by atoms with Gasteiger partial charge in [0.25, 0.3) is 0 Å². The van der Waals surface area contributed by atoms with Crippen LogP contribution in [0.1, 0.15) is 80.5 Å². The molecule has 0 atom stereocenters. The Morgan fingerprint density at radius 3 is 1.38 bits per heavy atom. The number of anilines is 3. The second kappa shape index (κ2) is 10.9. The molecule has 0 amide bonds. The highest BCUT2D eigenvalue weighted by molar-refractivity contribution is 6.03. The van der Waals surface area contributed by atoms with Gasteiger partial charge in [-0.3, -0.25) is 0 Å². The van der Waals surface area contributed by atoms with Crippen LogP contribution >= 0.6 is 0 Å². The molecule has 0 radical (unpaired) electrons. The summed E-state index contributed by atoms with van der Waals surface area (Å²) >= 11 is 0. The minimum Gasteiger partial charge on any atom is -0.310 e. The van der Waals surface area contributed by atoms with Crippen LogP contribution in [0.15, 0.2) is 146 Å². The van der Waals surface area contributed by atoms with Gasteiger partial charge in [-0.15, -0.1) is 0 Å². The zero-order chi connectivity index (χ0) is 36.4. The van der Waals surface area contributed by atoms with Crippen LogP contribution in [-0.2, 0) is 16.2 Å². The summed E-state index contributed by atoms with van der Waals surface area (Å²) < 4.78 is 0. The number of nitrogens with zero attached hydrogens (tertiary/aromatic N) is 1. The van der Waals surface area contributed by atoms with Crippen LogP contribution in [0.3, 0.4) is 0 Å². The molecule has 1 nitrogen and oxygen atoms in total. The summed E-state index contributed by atoms with van der Waals surface area (Å²) in [6.45, 7) is 16.9. The van der Waals surface area contributed by atoms with Crippen molar-refractivity contribution in [1.82, 2.24) is 0 Å². The smallest absolute Gasteiger partial charge is 0.0555 e. The molecule has 0 bridgehead atoms. The zero-order valence-electron chi connectivity index (χ0n) is 31.8. The molecule has 258 valence electrons. The van der Waals surface area contributed by atoms with Crippen molar-refractivity contribution in [1.29, 1.82) is 0 Å². The molecule has 0 saturated carbocycles. The van der Waals surface area contributed by atoms with E-state index in [-0.39, 0.29) is 16.2 Å². The maximum absolute atomic E-state index is 2.63. The first kappa shape index (κ1) is 32.0. The molecule has 3 aliphatic rings. The third-order valence-corrected chi connectivity index (χ3v) is 13.0. The maximum Gasteiger partial charge on any atom is 0.0555 e. The first-order valence-electron chi connectivity index (χ1n) is 19.1. The third kappa shape index (κ3) is 4.25. The summed E-state index contributed by atoms with van der Waals surface area (Å²) in [5.41, 5.74) is 23.6. The predicted molar refractivity (Wildman–Crippen MR) is 224 cm³/mol. The van der Waals surface area contributed by atoms with E-state index < -0.39 is 0 Å². The van der Waals surface area contributed by atoms with Gasteiger partial charge in [0.15, 0.2) is 0 Å². The lowest BCUT2D eigenvalue weighted by atomic mass is 9.74. The van der Waals surface area contributed by atoms with Crippen LogP contribution in [0, 0.1) is 6.92 Å². The molecule has 0 N–H and O–H groups in total. The standard InChI is InChI=1S/C52H45N/c1-32-45-38-20-12-15-23-42(38)51(4,5)47(45)49(48-46(32)39-21-13-16-24-43(39)52(48,6)7)53(35-27-25-34(26-28-35)33-17-9-8-10-18-33)36-29-30-44-40(31-36)37-19-11-14-22-41(37)50(44,2)3/h8-31H,1-7H3. The lowest BCUT2D eigenvalue weighted by Crippen LogP contribution is -2.26. The molecule has 3 aliphatic carbocycles. The van der Waals surface area contributed by atoms with Crippen molar-refractivity contribution in [2.24, 2.45) is 0 Å². The Bertz CT molecular complexity index is 2550. The molecule has 7 aromatic rings. The molecule has 7 aromatic carbocycles. The Labute approximate surface area is 314 Å². The van der Waals surface area contributed by atoms with Crippen LogP contribution in [0.2, 0.25) is 0 Å². The molecule has 0 unspecified atom stereocenters. The van der Waals surface area contributed by atoms with E-state index in [0.29, 0.717) is 0 Å². The normalized spacial score (nSPS) is 15.9. The van der Waals surface area contributed by atoms with Gasteiger partial charge < -0.3 is 4.90 Å². The summed E-state index contributed by atoms with van der Waals surface area (Å²) in [6.07, 6.45) is 0. The number of hydrogen-bond acceptors (Lipinski definition) is 1. The van der Waals surface area contributed by atoms with Gasteiger partial charge in [-0.05, 0) is 115 Å². The Morgan fingerprint density at radius 2 is 0.811 bits per heavy atom. The molecule has 0 spiro atoms. The lowest BCUT2D eigenvalue weighted by Gasteiger charge is -2.38. The monoisotopic (exact) mass is 683 g/mol. The summed E-state index contributed by atoms with van der Waals surface area (Å²) in [4.78, 5) is 2.63. The van der Waals surface area contributed by atoms with Crippen molar-refractivity contribution in [3.63, 3.8) is 0 Å². The maximum atomic E-state index is 2.63. The third-order valence-electron chi connectivity index (χ3n) is 13.0. The number of benzene rings is 7. The van der Waals surface area contributed by atoms with Crippen LogP contribution in [0.4, 0.5) is 17.1 Å². The number of fused-ring (bicyclic) bond motifs is 9. The number of rotatable bonds is 4. The molecule has 0 aromatic heterocycles. The summed E-state index contributed by atoms with van der Waals surface area (Å²) in [6, 6.07) is 54.6. The van der Waals surface area contributed by atoms with Gasteiger partial charge in [0.05, 0.1) is 5.69 Å². The fourth-order valence-corrected chi connectivity index (χ4v) is 10.4. The second-order valence-corrected chi connectivity index (χ2v) is 17.0. The van der Waals surface area contributed by atoms with Gasteiger partial charge in [-0.1, -0.05) is 163 Å². The largest absolute Gasteiger partial charge is 0.310 e. The van der Waals surface area contributed by atoms with Gasteiger partial charge in [0.1, 0.15) is 0 Å². The van der Waals surface area contributed by atoms with E-state index >= 15 is 0 Å². The first-order valence-corrected chi connectivity index (χ1v) is 19.1. The van der Waals surface area contributed by atoms with E-state index in [0.717, 1.165) is 0 Å². The summed E-state index contributed by atoms with van der Waals surface area (Å²) in [5, 5.41) is 0. The minimum atomic E-state index is -0.223. The van der Waals surface area contributed by atoms with E-state index in [9.17, 15) is 0 Å². The van der Waals surface area contributed by atoms with E-state index in [2.05, 4.69) is 199 Å². The molecule has 1 heteroatoms. The molecule has 0 heterocycles.